The largest absolute Gasteiger partial charge is 0.367 e. The van der Waals surface area contributed by atoms with Crippen LogP contribution in [-0.2, 0) is 9.59 Å². The molecule has 1 fully saturated rings. The molecule has 31 heavy (non-hydrogen) atoms. The van der Waals surface area contributed by atoms with Gasteiger partial charge in [0.15, 0.2) is 5.78 Å². The first-order valence-electron chi connectivity index (χ1n) is 11.1. The molecule has 3 rings (SSSR count). The zero-order valence-electron chi connectivity index (χ0n) is 18.6. The molecule has 1 amide bonds. The predicted molar refractivity (Wildman–Crippen MR) is 123 cm³/mol. The van der Waals surface area contributed by atoms with Crippen LogP contribution in [0.4, 0.5) is 15.8 Å². The van der Waals surface area contributed by atoms with E-state index in [0.717, 1.165) is 18.4 Å². The summed E-state index contributed by atoms with van der Waals surface area (Å²) in [6.07, 6.45) is 1.52. The van der Waals surface area contributed by atoms with E-state index >= 15 is 0 Å². The number of carbonyl (C=O) groups is 2. The first-order valence-corrected chi connectivity index (χ1v) is 11.1. The smallest absolute Gasteiger partial charge is 0.227 e. The van der Waals surface area contributed by atoms with Crippen LogP contribution in [0.3, 0.4) is 0 Å². The molecule has 1 unspecified atom stereocenters. The summed E-state index contributed by atoms with van der Waals surface area (Å²) in [4.78, 5) is 28.7. The number of nitrogens with zero attached hydrogens (tertiary/aromatic N) is 2. The lowest BCUT2D eigenvalue weighted by molar-refractivity contribution is -0.122. The van der Waals surface area contributed by atoms with Crippen molar-refractivity contribution in [3.8, 4) is 0 Å². The van der Waals surface area contributed by atoms with Gasteiger partial charge in [-0.3, -0.25) is 14.5 Å². The predicted octanol–water partition coefficient (Wildman–Crippen LogP) is 4.65. The van der Waals surface area contributed by atoms with Crippen LogP contribution in [0, 0.1) is 11.7 Å². The van der Waals surface area contributed by atoms with Crippen LogP contribution < -0.4 is 10.2 Å². The third-order valence-electron chi connectivity index (χ3n) is 6.09. The summed E-state index contributed by atoms with van der Waals surface area (Å²) >= 11 is 0. The highest BCUT2D eigenvalue weighted by molar-refractivity contribution is 5.92. The number of benzene rings is 2. The molecule has 1 saturated heterocycles. The second-order valence-electron chi connectivity index (χ2n) is 8.12. The summed E-state index contributed by atoms with van der Waals surface area (Å²) in [7, 11) is 0. The van der Waals surface area contributed by atoms with E-state index in [1.165, 1.54) is 6.07 Å². The molecule has 0 aromatic heterocycles. The van der Waals surface area contributed by atoms with Crippen LogP contribution in [0.1, 0.15) is 45.2 Å². The maximum Gasteiger partial charge on any atom is 0.227 e. The van der Waals surface area contributed by atoms with Crippen molar-refractivity contribution < 1.29 is 14.0 Å². The Morgan fingerprint density at radius 3 is 2.19 bits per heavy atom. The number of rotatable bonds is 8. The van der Waals surface area contributed by atoms with Gasteiger partial charge in [-0.1, -0.05) is 44.2 Å². The van der Waals surface area contributed by atoms with E-state index in [2.05, 4.69) is 10.2 Å². The van der Waals surface area contributed by atoms with Crippen LogP contribution in [-0.4, -0.2) is 42.8 Å². The normalized spacial score (nSPS) is 15.7. The summed E-state index contributed by atoms with van der Waals surface area (Å²) in [6.45, 7) is 8.19. The quantitative estimate of drug-likeness (QED) is 0.669. The van der Waals surface area contributed by atoms with Crippen LogP contribution >= 0.6 is 0 Å². The Bertz CT molecular complexity index is 891. The molecule has 1 atom stereocenters. The first kappa shape index (κ1) is 22.9. The Labute approximate surface area is 184 Å². The van der Waals surface area contributed by atoms with Gasteiger partial charge >= 0.3 is 0 Å². The SMILES string of the molecule is CCC(CC)C(=O)Nc1ccc(N2CCN(C(C(C)=O)c3ccccc3)CC2)c(F)c1. The molecule has 0 bridgehead atoms. The molecule has 1 aliphatic rings. The fraction of sp³-hybridized carbons (Fsp3) is 0.440. The molecule has 166 valence electrons. The highest BCUT2D eigenvalue weighted by Gasteiger charge is 2.29. The minimum Gasteiger partial charge on any atom is -0.367 e. The van der Waals surface area contributed by atoms with Crippen molar-refractivity contribution in [1.29, 1.82) is 0 Å². The van der Waals surface area contributed by atoms with Crippen molar-refractivity contribution in [2.75, 3.05) is 36.4 Å². The van der Waals surface area contributed by atoms with E-state index in [1.807, 2.05) is 49.1 Å². The number of piperazine rings is 1. The number of nitrogens with one attached hydrogen (secondary N) is 1. The molecule has 0 aliphatic carbocycles. The third kappa shape index (κ3) is 5.50. The standard InChI is InChI=1S/C25H32FN3O2/c1-4-19(5-2)25(31)27-21-11-12-23(22(26)17-21)28-13-15-29(16-14-28)24(18(3)30)20-9-7-6-8-10-20/h6-12,17,19,24H,4-5,13-16H2,1-3H3,(H,27,31). The number of anilines is 2. The van der Waals surface area contributed by atoms with E-state index < -0.39 is 0 Å². The molecular formula is C25H32FN3O2. The molecule has 2 aromatic rings. The Morgan fingerprint density at radius 1 is 1.00 bits per heavy atom. The van der Waals surface area contributed by atoms with Gasteiger partial charge in [-0.05, 0) is 43.5 Å². The van der Waals surface area contributed by atoms with E-state index in [-0.39, 0.29) is 29.5 Å². The molecule has 0 saturated carbocycles. The zero-order valence-corrected chi connectivity index (χ0v) is 18.6. The topological polar surface area (TPSA) is 52.7 Å². The number of hydrogen-bond acceptors (Lipinski definition) is 4. The second kappa shape index (κ2) is 10.5. The number of amides is 1. The minimum atomic E-state index is -0.345. The van der Waals surface area contributed by atoms with Crippen molar-refractivity contribution in [1.82, 2.24) is 4.90 Å². The van der Waals surface area contributed by atoms with E-state index in [9.17, 15) is 14.0 Å². The number of ketones is 1. The van der Waals surface area contributed by atoms with Gasteiger partial charge in [-0.15, -0.1) is 0 Å². The van der Waals surface area contributed by atoms with Gasteiger partial charge in [0.2, 0.25) is 5.91 Å². The molecule has 2 aromatic carbocycles. The Hall–Kier alpha value is -2.73. The molecule has 1 aliphatic heterocycles. The molecular weight excluding hydrogens is 393 g/mol. The van der Waals surface area contributed by atoms with Gasteiger partial charge in [-0.25, -0.2) is 4.39 Å². The van der Waals surface area contributed by atoms with Gasteiger partial charge < -0.3 is 10.2 Å². The zero-order chi connectivity index (χ0) is 22.4. The van der Waals surface area contributed by atoms with Crippen LogP contribution in [0.5, 0.6) is 0 Å². The van der Waals surface area contributed by atoms with Crippen LogP contribution in [0.15, 0.2) is 48.5 Å². The number of carbonyl (C=O) groups excluding carboxylic acids is 2. The van der Waals surface area contributed by atoms with Gasteiger partial charge in [0.05, 0.1) is 11.7 Å². The monoisotopic (exact) mass is 425 g/mol. The van der Waals surface area contributed by atoms with Gasteiger partial charge in [0.1, 0.15) is 5.82 Å². The van der Waals surface area contributed by atoms with Crippen LogP contribution in [0.25, 0.3) is 0 Å². The summed E-state index contributed by atoms with van der Waals surface area (Å²) < 4.78 is 14.8. The van der Waals surface area contributed by atoms with Gasteiger partial charge in [0, 0.05) is 37.8 Å². The minimum absolute atomic E-state index is 0.0605. The van der Waals surface area contributed by atoms with E-state index in [4.69, 9.17) is 0 Å². The second-order valence-corrected chi connectivity index (χ2v) is 8.12. The summed E-state index contributed by atoms with van der Waals surface area (Å²) in [6, 6.07) is 14.4. The third-order valence-corrected chi connectivity index (χ3v) is 6.09. The Morgan fingerprint density at radius 2 is 1.65 bits per heavy atom. The summed E-state index contributed by atoms with van der Waals surface area (Å²) in [5, 5.41) is 2.82. The Balaban J connectivity index is 1.65. The Kier molecular flexibility index (Phi) is 7.80. The number of hydrogen-bond donors (Lipinski definition) is 1. The highest BCUT2D eigenvalue weighted by Crippen LogP contribution is 2.28. The number of halogens is 1. The van der Waals surface area contributed by atoms with Gasteiger partial charge in [-0.2, -0.15) is 0 Å². The van der Waals surface area contributed by atoms with Crippen molar-refractivity contribution in [2.24, 2.45) is 5.92 Å². The maximum atomic E-state index is 14.8. The molecule has 1 N–H and O–H groups in total. The fourth-order valence-electron chi connectivity index (χ4n) is 4.30. The molecule has 5 nitrogen and oxygen atoms in total. The van der Waals surface area contributed by atoms with Crippen molar-refractivity contribution >= 4 is 23.1 Å². The summed E-state index contributed by atoms with van der Waals surface area (Å²) in [5.74, 6) is -0.359. The first-order chi connectivity index (χ1) is 14.9. The molecule has 0 radical (unpaired) electrons. The van der Waals surface area contributed by atoms with Crippen LogP contribution in [0.2, 0.25) is 0 Å². The average molecular weight is 426 g/mol. The van der Waals surface area contributed by atoms with Crippen molar-refractivity contribution in [2.45, 2.75) is 39.7 Å². The van der Waals surface area contributed by atoms with Gasteiger partial charge in [0.25, 0.3) is 0 Å². The lowest BCUT2D eigenvalue weighted by Crippen LogP contribution is -2.49. The molecule has 1 heterocycles. The highest BCUT2D eigenvalue weighted by atomic mass is 19.1. The average Bonchev–Trinajstić information content (AvgIpc) is 2.76. The van der Waals surface area contributed by atoms with Crippen molar-refractivity contribution in [3.63, 3.8) is 0 Å². The molecule has 6 heteroatoms. The fourth-order valence-corrected chi connectivity index (χ4v) is 4.30. The summed E-state index contributed by atoms with van der Waals surface area (Å²) in [5.41, 5.74) is 2.00. The van der Waals surface area contributed by atoms with E-state index in [1.54, 1.807) is 19.1 Å². The van der Waals surface area contributed by atoms with Crippen molar-refractivity contribution in [3.05, 3.63) is 59.9 Å². The lowest BCUT2D eigenvalue weighted by Gasteiger charge is -2.39. The maximum absolute atomic E-state index is 14.8. The molecule has 0 spiro atoms. The lowest BCUT2D eigenvalue weighted by atomic mass is 10.0. The number of Topliss-reactive ketones (excluding diaryl/α,β-unsaturated/α-hetero) is 1. The van der Waals surface area contributed by atoms with E-state index in [0.29, 0.717) is 37.6 Å².